The molecule has 1 N–H and O–H groups in total. The Labute approximate surface area is 167 Å². The van der Waals surface area contributed by atoms with Crippen LogP contribution >= 0.6 is 11.6 Å². The Morgan fingerprint density at radius 3 is 2.82 bits per heavy atom. The number of rotatable bonds is 5. The number of carbonyl (C=O) groups excluding carboxylic acids is 1. The molecule has 0 bridgehead atoms. The number of nitrogens with zero attached hydrogens (tertiary/aromatic N) is 4. The van der Waals surface area contributed by atoms with Crippen molar-refractivity contribution in [3.05, 3.63) is 70.1 Å². The Kier molecular flexibility index (Phi) is 4.96. The van der Waals surface area contributed by atoms with E-state index in [4.69, 9.17) is 16.6 Å². The highest BCUT2D eigenvalue weighted by Gasteiger charge is 2.15. The molecular formula is C21H20ClN5O. The molecule has 0 aliphatic heterocycles. The predicted octanol–water partition coefficient (Wildman–Crippen LogP) is 3.80. The van der Waals surface area contributed by atoms with Crippen LogP contribution in [0.2, 0.25) is 5.02 Å². The van der Waals surface area contributed by atoms with Gasteiger partial charge in [0, 0.05) is 35.6 Å². The van der Waals surface area contributed by atoms with Gasteiger partial charge in [0.05, 0.1) is 5.39 Å². The minimum Gasteiger partial charge on any atom is -0.352 e. The molecule has 0 unspecified atom stereocenters. The SMILES string of the molecule is Cc1nc2c3cccnc3nn2c(C)c1CCC(=O)NCc1ccccc1Cl. The molecule has 28 heavy (non-hydrogen) atoms. The van der Waals surface area contributed by atoms with Gasteiger partial charge in [0.2, 0.25) is 5.91 Å². The topological polar surface area (TPSA) is 72.2 Å². The number of benzene rings is 1. The maximum absolute atomic E-state index is 12.3. The smallest absolute Gasteiger partial charge is 0.220 e. The molecule has 1 amide bonds. The Hall–Kier alpha value is -2.99. The summed E-state index contributed by atoms with van der Waals surface area (Å²) in [5.41, 5.74) is 5.31. The van der Waals surface area contributed by atoms with Crippen molar-refractivity contribution in [2.45, 2.75) is 33.2 Å². The molecule has 3 aromatic heterocycles. The van der Waals surface area contributed by atoms with E-state index in [1.165, 1.54) is 0 Å². The van der Waals surface area contributed by atoms with Crippen molar-refractivity contribution < 1.29 is 4.79 Å². The largest absolute Gasteiger partial charge is 0.352 e. The number of hydrogen-bond donors (Lipinski definition) is 1. The summed E-state index contributed by atoms with van der Waals surface area (Å²) in [6.07, 6.45) is 2.69. The maximum Gasteiger partial charge on any atom is 0.220 e. The average Bonchev–Trinajstić information content (AvgIpc) is 3.06. The molecule has 0 saturated carbocycles. The third kappa shape index (κ3) is 3.43. The van der Waals surface area contributed by atoms with Gasteiger partial charge in [-0.3, -0.25) is 4.79 Å². The van der Waals surface area contributed by atoms with Crippen LogP contribution in [0.4, 0.5) is 0 Å². The van der Waals surface area contributed by atoms with Gasteiger partial charge in [-0.25, -0.2) is 14.5 Å². The highest BCUT2D eigenvalue weighted by atomic mass is 35.5. The van der Waals surface area contributed by atoms with Gasteiger partial charge in [0.1, 0.15) is 0 Å². The molecule has 142 valence electrons. The zero-order valence-electron chi connectivity index (χ0n) is 15.7. The number of fused-ring (bicyclic) bond motifs is 3. The lowest BCUT2D eigenvalue weighted by molar-refractivity contribution is -0.121. The Morgan fingerprint density at radius 1 is 1.18 bits per heavy atom. The van der Waals surface area contributed by atoms with Gasteiger partial charge in [-0.2, -0.15) is 0 Å². The Balaban J connectivity index is 1.51. The van der Waals surface area contributed by atoms with Gasteiger partial charge in [-0.1, -0.05) is 29.8 Å². The zero-order chi connectivity index (χ0) is 19.7. The number of halogens is 1. The third-order valence-electron chi connectivity index (χ3n) is 4.92. The first-order valence-corrected chi connectivity index (χ1v) is 9.52. The molecule has 0 aliphatic rings. The Bertz CT molecular complexity index is 1180. The van der Waals surface area contributed by atoms with Gasteiger partial charge >= 0.3 is 0 Å². The van der Waals surface area contributed by atoms with Gasteiger partial charge in [0.25, 0.3) is 0 Å². The number of aromatic nitrogens is 4. The monoisotopic (exact) mass is 393 g/mol. The second-order valence-corrected chi connectivity index (χ2v) is 7.15. The minimum atomic E-state index is -0.0221. The lowest BCUT2D eigenvalue weighted by Gasteiger charge is -2.11. The van der Waals surface area contributed by atoms with Crippen molar-refractivity contribution in [1.82, 2.24) is 24.9 Å². The molecule has 0 saturated heterocycles. The minimum absolute atomic E-state index is 0.0221. The van der Waals surface area contributed by atoms with Crippen molar-refractivity contribution in [2.24, 2.45) is 0 Å². The van der Waals surface area contributed by atoms with E-state index in [0.717, 1.165) is 33.5 Å². The highest BCUT2D eigenvalue weighted by Crippen LogP contribution is 2.22. The fraction of sp³-hybridized carbons (Fsp3) is 0.238. The number of hydrogen-bond acceptors (Lipinski definition) is 4. The van der Waals surface area contributed by atoms with Crippen LogP contribution in [0.3, 0.4) is 0 Å². The second-order valence-electron chi connectivity index (χ2n) is 6.74. The number of pyridine rings is 1. The van der Waals surface area contributed by atoms with Crippen LogP contribution in [0.5, 0.6) is 0 Å². The van der Waals surface area contributed by atoms with Crippen LogP contribution in [-0.2, 0) is 17.8 Å². The summed E-state index contributed by atoms with van der Waals surface area (Å²) in [5, 5.41) is 9.07. The van der Waals surface area contributed by atoms with E-state index < -0.39 is 0 Å². The zero-order valence-corrected chi connectivity index (χ0v) is 16.5. The highest BCUT2D eigenvalue weighted by molar-refractivity contribution is 6.31. The summed E-state index contributed by atoms with van der Waals surface area (Å²) in [7, 11) is 0. The van der Waals surface area contributed by atoms with Gasteiger partial charge in [0.15, 0.2) is 11.3 Å². The number of amides is 1. The van der Waals surface area contributed by atoms with Crippen molar-refractivity contribution in [2.75, 3.05) is 0 Å². The van der Waals surface area contributed by atoms with E-state index in [1.807, 2.05) is 54.8 Å². The van der Waals surface area contributed by atoms with Crippen molar-refractivity contribution in [1.29, 1.82) is 0 Å². The standard InChI is InChI=1S/C21H20ClN5O/c1-13-16(9-10-19(28)24-12-15-6-3-4-8-18(15)22)14(2)27-21(25-13)17-7-5-11-23-20(17)26-27/h3-8,11H,9-10,12H2,1-2H3,(H,24,28). The lowest BCUT2D eigenvalue weighted by atomic mass is 10.1. The first kappa shape index (κ1) is 18.4. The summed E-state index contributed by atoms with van der Waals surface area (Å²) in [6.45, 7) is 4.40. The number of nitrogens with one attached hydrogen (secondary N) is 1. The molecule has 1 aromatic carbocycles. The van der Waals surface area contributed by atoms with E-state index in [1.54, 1.807) is 6.20 Å². The summed E-state index contributed by atoms with van der Waals surface area (Å²) in [5.74, 6) is -0.0221. The molecule has 0 radical (unpaired) electrons. The summed E-state index contributed by atoms with van der Waals surface area (Å²) in [6, 6.07) is 11.4. The second kappa shape index (κ2) is 7.56. The van der Waals surface area contributed by atoms with Crippen LogP contribution in [0, 0.1) is 13.8 Å². The molecule has 0 spiro atoms. The van der Waals surface area contributed by atoms with E-state index in [0.29, 0.717) is 30.1 Å². The average molecular weight is 394 g/mol. The van der Waals surface area contributed by atoms with E-state index >= 15 is 0 Å². The fourth-order valence-corrected chi connectivity index (χ4v) is 3.59. The van der Waals surface area contributed by atoms with E-state index in [9.17, 15) is 4.79 Å². The number of aryl methyl sites for hydroxylation is 2. The summed E-state index contributed by atoms with van der Waals surface area (Å²) in [4.78, 5) is 21.3. The summed E-state index contributed by atoms with van der Waals surface area (Å²) < 4.78 is 1.82. The van der Waals surface area contributed by atoms with Crippen LogP contribution in [0.15, 0.2) is 42.6 Å². The maximum atomic E-state index is 12.3. The normalized spacial score (nSPS) is 11.2. The Morgan fingerprint density at radius 2 is 2.00 bits per heavy atom. The van der Waals surface area contributed by atoms with Gasteiger partial charge in [-0.05, 0) is 49.6 Å². The van der Waals surface area contributed by atoms with Crippen molar-refractivity contribution in [3.8, 4) is 0 Å². The predicted molar refractivity (Wildman–Crippen MR) is 109 cm³/mol. The molecular weight excluding hydrogens is 374 g/mol. The van der Waals surface area contributed by atoms with Crippen LogP contribution in [-0.4, -0.2) is 25.5 Å². The molecule has 0 aliphatic carbocycles. The first-order chi connectivity index (χ1) is 13.5. The number of carbonyl (C=O) groups is 1. The molecule has 7 heteroatoms. The quantitative estimate of drug-likeness (QED) is 0.559. The molecule has 3 heterocycles. The van der Waals surface area contributed by atoms with Gasteiger partial charge < -0.3 is 5.32 Å². The van der Waals surface area contributed by atoms with Crippen LogP contribution in [0.1, 0.15) is 28.9 Å². The molecule has 6 nitrogen and oxygen atoms in total. The van der Waals surface area contributed by atoms with Crippen molar-refractivity contribution >= 4 is 34.2 Å². The molecule has 4 rings (SSSR count). The van der Waals surface area contributed by atoms with Gasteiger partial charge in [-0.15, -0.1) is 5.10 Å². The molecule has 0 atom stereocenters. The van der Waals surface area contributed by atoms with Crippen molar-refractivity contribution in [3.63, 3.8) is 0 Å². The van der Waals surface area contributed by atoms with E-state index in [2.05, 4.69) is 15.4 Å². The molecule has 0 fully saturated rings. The third-order valence-corrected chi connectivity index (χ3v) is 5.29. The van der Waals surface area contributed by atoms with Crippen LogP contribution < -0.4 is 5.32 Å². The lowest BCUT2D eigenvalue weighted by Crippen LogP contribution is -2.23. The summed E-state index contributed by atoms with van der Waals surface area (Å²) >= 11 is 6.14. The first-order valence-electron chi connectivity index (χ1n) is 9.14. The fourth-order valence-electron chi connectivity index (χ4n) is 3.39. The van der Waals surface area contributed by atoms with Crippen LogP contribution in [0.25, 0.3) is 16.7 Å². The molecule has 4 aromatic rings. The van der Waals surface area contributed by atoms with E-state index in [-0.39, 0.29) is 5.91 Å².